The highest BCUT2D eigenvalue weighted by Crippen LogP contribution is 2.37. The molecule has 0 radical (unpaired) electrons. The highest BCUT2D eigenvalue weighted by molar-refractivity contribution is 9.10. The predicted molar refractivity (Wildman–Crippen MR) is 106 cm³/mol. The van der Waals surface area contributed by atoms with Crippen LogP contribution in [0.1, 0.15) is 31.2 Å². The van der Waals surface area contributed by atoms with E-state index < -0.39 is 5.91 Å². The van der Waals surface area contributed by atoms with E-state index in [2.05, 4.69) is 26.3 Å². The number of benzene rings is 1. The van der Waals surface area contributed by atoms with Gasteiger partial charge in [0.25, 0.3) is 0 Å². The molecule has 1 saturated heterocycles. The molecule has 1 aliphatic heterocycles. The summed E-state index contributed by atoms with van der Waals surface area (Å²) in [7, 11) is 0. The minimum Gasteiger partial charge on any atom is -0.309 e. The van der Waals surface area contributed by atoms with E-state index in [-0.39, 0.29) is 30.2 Å². The number of nitrogens with one attached hydrogen (secondary N) is 1. The SMILES string of the molecule is O=C(CN1C(=O)C2CCCCC2C1=O)Nc1ccnn1Cc1ccc(Br)cc1. The Balaban J connectivity index is 1.41. The van der Waals surface area contributed by atoms with Crippen molar-refractivity contribution in [2.45, 2.75) is 32.2 Å². The van der Waals surface area contributed by atoms with Crippen LogP contribution in [0.25, 0.3) is 0 Å². The molecule has 1 aromatic carbocycles. The van der Waals surface area contributed by atoms with Gasteiger partial charge in [-0.1, -0.05) is 40.9 Å². The summed E-state index contributed by atoms with van der Waals surface area (Å²) in [6.45, 7) is 0.260. The van der Waals surface area contributed by atoms with Gasteiger partial charge in [0.05, 0.1) is 24.6 Å². The number of rotatable bonds is 5. The summed E-state index contributed by atoms with van der Waals surface area (Å²) in [5.74, 6) is -0.738. The van der Waals surface area contributed by atoms with Gasteiger partial charge in [0.15, 0.2) is 0 Å². The van der Waals surface area contributed by atoms with Crippen LogP contribution in [0.4, 0.5) is 5.82 Å². The van der Waals surface area contributed by atoms with Crippen LogP contribution >= 0.6 is 15.9 Å². The monoisotopic (exact) mass is 444 g/mol. The highest BCUT2D eigenvalue weighted by atomic mass is 79.9. The fraction of sp³-hybridized carbons (Fsp3) is 0.400. The van der Waals surface area contributed by atoms with Crippen LogP contribution in [-0.4, -0.2) is 38.9 Å². The van der Waals surface area contributed by atoms with Crippen molar-refractivity contribution in [3.05, 3.63) is 46.6 Å². The zero-order valence-electron chi connectivity index (χ0n) is 15.3. The van der Waals surface area contributed by atoms with Crippen LogP contribution in [0.15, 0.2) is 41.0 Å². The minimum absolute atomic E-state index is 0.201. The molecule has 2 heterocycles. The molecule has 1 aromatic heterocycles. The number of likely N-dealkylation sites (tertiary alicyclic amines) is 1. The summed E-state index contributed by atoms with van der Waals surface area (Å²) < 4.78 is 2.67. The number of hydrogen-bond donors (Lipinski definition) is 1. The van der Waals surface area contributed by atoms with E-state index in [4.69, 9.17) is 0 Å². The molecule has 1 aliphatic carbocycles. The minimum atomic E-state index is -0.391. The average molecular weight is 445 g/mol. The highest BCUT2D eigenvalue weighted by Gasteiger charge is 2.48. The van der Waals surface area contributed by atoms with Crippen LogP contribution in [0.2, 0.25) is 0 Å². The molecular weight excluding hydrogens is 424 g/mol. The largest absolute Gasteiger partial charge is 0.309 e. The Hall–Kier alpha value is -2.48. The van der Waals surface area contributed by atoms with Crippen molar-refractivity contribution in [3.8, 4) is 0 Å². The summed E-state index contributed by atoms with van der Waals surface area (Å²) in [5, 5.41) is 7.03. The molecule has 28 heavy (non-hydrogen) atoms. The standard InChI is InChI=1S/C20H21BrN4O3/c21-14-7-5-13(6-8-14)11-25-17(9-10-22-25)23-18(26)12-24-19(27)15-3-1-2-4-16(15)20(24)28/h5-10,15-16H,1-4,11-12H2,(H,23,26). The lowest BCUT2D eigenvalue weighted by Gasteiger charge is -2.19. The van der Waals surface area contributed by atoms with E-state index in [9.17, 15) is 14.4 Å². The third-order valence-electron chi connectivity index (χ3n) is 5.46. The smallest absolute Gasteiger partial charge is 0.245 e. The third kappa shape index (κ3) is 3.73. The van der Waals surface area contributed by atoms with Gasteiger partial charge >= 0.3 is 0 Å². The van der Waals surface area contributed by atoms with Gasteiger partial charge in [-0.15, -0.1) is 0 Å². The van der Waals surface area contributed by atoms with Gasteiger partial charge in [0.2, 0.25) is 17.7 Å². The second kappa shape index (κ2) is 7.87. The van der Waals surface area contributed by atoms with Gasteiger partial charge in [-0.3, -0.25) is 19.3 Å². The van der Waals surface area contributed by atoms with E-state index in [1.54, 1.807) is 16.9 Å². The number of imide groups is 1. The number of hydrogen-bond acceptors (Lipinski definition) is 4. The molecule has 0 bridgehead atoms. The molecule has 1 N–H and O–H groups in total. The Kier molecular flexibility index (Phi) is 5.30. The molecule has 4 rings (SSSR count). The fourth-order valence-corrected chi connectivity index (χ4v) is 4.30. The van der Waals surface area contributed by atoms with Gasteiger partial charge in [-0.2, -0.15) is 5.10 Å². The van der Waals surface area contributed by atoms with Crippen LogP contribution in [0.3, 0.4) is 0 Å². The van der Waals surface area contributed by atoms with Crippen molar-refractivity contribution in [1.29, 1.82) is 0 Å². The summed E-state index contributed by atoms with van der Waals surface area (Å²) in [6, 6.07) is 9.54. The number of amides is 3. The van der Waals surface area contributed by atoms with Gasteiger partial charge in [-0.25, -0.2) is 4.68 Å². The first-order valence-electron chi connectivity index (χ1n) is 9.44. The summed E-state index contributed by atoms with van der Waals surface area (Å²) >= 11 is 3.41. The number of fused-ring (bicyclic) bond motifs is 1. The molecule has 146 valence electrons. The first-order chi connectivity index (χ1) is 13.5. The lowest BCUT2D eigenvalue weighted by molar-refractivity contribution is -0.142. The van der Waals surface area contributed by atoms with Crippen molar-refractivity contribution < 1.29 is 14.4 Å². The maximum atomic E-state index is 12.5. The molecule has 3 amide bonds. The van der Waals surface area contributed by atoms with Crippen molar-refractivity contribution in [1.82, 2.24) is 14.7 Å². The second-order valence-corrected chi connectivity index (χ2v) is 8.22. The zero-order valence-corrected chi connectivity index (χ0v) is 16.9. The van der Waals surface area contributed by atoms with E-state index in [1.807, 2.05) is 24.3 Å². The zero-order chi connectivity index (χ0) is 19.7. The van der Waals surface area contributed by atoms with E-state index >= 15 is 0 Å². The molecular formula is C20H21BrN4O3. The van der Waals surface area contributed by atoms with Crippen LogP contribution < -0.4 is 5.32 Å². The predicted octanol–water partition coefficient (Wildman–Crippen LogP) is 2.81. The molecule has 2 unspecified atom stereocenters. The van der Waals surface area contributed by atoms with Crippen LogP contribution in [0, 0.1) is 11.8 Å². The van der Waals surface area contributed by atoms with Crippen molar-refractivity contribution in [2.75, 3.05) is 11.9 Å². The number of carbonyl (C=O) groups is 3. The Labute approximate surface area is 171 Å². The molecule has 2 aliphatic rings. The van der Waals surface area contributed by atoms with Crippen molar-refractivity contribution in [3.63, 3.8) is 0 Å². The van der Waals surface area contributed by atoms with E-state index in [0.29, 0.717) is 12.4 Å². The van der Waals surface area contributed by atoms with Crippen LogP contribution in [-0.2, 0) is 20.9 Å². The quantitative estimate of drug-likeness (QED) is 0.718. The maximum Gasteiger partial charge on any atom is 0.245 e. The third-order valence-corrected chi connectivity index (χ3v) is 5.99. The van der Waals surface area contributed by atoms with E-state index in [1.165, 1.54) is 0 Å². The van der Waals surface area contributed by atoms with Gasteiger partial charge in [-0.05, 0) is 30.5 Å². The van der Waals surface area contributed by atoms with Crippen molar-refractivity contribution >= 4 is 39.5 Å². The number of carbonyl (C=O) groups excluding carboxylic acids is 3. The lowest BCUT2D eigenvalue weighted by atomic mass is 9.81. The lowest BCUT2D eigenvalue weighted by Crippen LogP contribution is -2.38. The topological polar surface area (TPSA) is 84.3 Å². The summed E-state index contributed by atoms with van der Waals surface area (Å²) in [4.78, 5) is 38.7. The molecule has 0 spiro atoms. The molecule has 7 nitrogen and oxygen atoms in total. The Morgan fingerprint density at radius 2 is 1.71 bits per heavy atom. The Bertz CT molecular complexity index is 884. The Morgan fingerprint density at radius 3 is 2.36 bits per heavy atom. The van der Waals surface area contributed by atoms with Gasteiger partial charge in [0.1, 0.15) is 12.4 Å². The average Bonchev–Trinajstić information content (AvgIpc) is 3.22. The normalized spacial score (nSPS) is 21.7. The molecule has 2 aromatic rings. The molecule has 1 saturated carbocycles. The molecule has 2 fully saturated rings. The Morgan fingerprint density at radius 1 is 1.07 bits per heavy atom. The number of halogens is 1. The number of aromatic nitrogens is 2. The number of anilines is 1. The fourth-order valence-electron chi connectivity index (χ4n) is 4.04. The van der Waals surface area contributed by atoms with Crippen LogP contribution in [0.5, 0.6) is 0 Å². The van der Waals surface area contributed by atoms with Gasteiger partial charge in [0, 0.05) is 10.5 Å². The second-order valence-electron chi connectivity index (χ2n) is 7.31. The first-order valence-corrected chi connectivity index (χ1v) is 10.2. The molecule has 8 heteroatoms. The summed E-state index contributed by atoms with van der Waals surface area (Å²) in [6.07, 6.45) is 5.03. The maximum absolute atomic E-state index is 12.5. The van der Waals surface area contributed by atoms with Gasteiger partial charge < -0.3 is 5.32 Å². The van der Waals surface area contributed by atoms with E-state index in [0.717, 1.165) is 40.6 Å². The molecule has 2 atom stereocenters. The van der Waals surface area contributed by atoms with Crippen molar-refractivity contribution in [2.24, 2.45) is 11.8 Å². The first kappa shape index (κ1) is 18.9. The summed E-state index contributed by atoms with van der Waals surface area (Å²) in [5.41, 5.74) is 1.04. The number of nitrogens with zero attached hydrogens (tertiary/aromatic N) is 3.